The summed E-state index contributed by atoms with van der Waals surface area (Å²) in [5, 5.41) is 11.0. The van der Waals surface area contributed by atoms with Gasteiger partial charge in [-0.2, -0.15) is 0 Å². The number of aliphatic hydroxyl groups excluding tert-OH is 1. The molecule has 2 heteroatoms. The number of epoxide rings is 1. The van der Waals surface area contributed by atoms with E-state index < -0.39 is 0 Å². The molecule has 1 heterocycles. The highest BCUT2D eigenvalue weighted by Gasteiger charge is 2.81. The molecule has 3 saturated carbocycles. The first-order chi connectivity index (χ1) is 10.3. The van der Waals surface area contributed by atoms with Gasteiger partial charge < -0.3 is 9.84 Å². The summed E-state index contributed by atoms with van der Waals surface area (Å²) in [5.41, 5.74) is 1.47. The van der Waals surface area contributed by atoms with Crippen molar-refractivity contribution >= 4 is 0 Å². The summed E-state index contributed by atoms with van der Waals surface area (Å²) in [6, 6.07) is 10.9. The van der Waals surface area contributed by atoms with Crippen LogP contribution in [0.2, 0.25) is 0 Å². The fraction of sp³-hybridized carbons (Fsp3) is 0.684. The van der Waals surface area contributed by atoms with Crippen molar-refractivity contribution in [2.24, 2.45) is 11.8 Å². The van der Waals surface area contributed by atoms with Gasteiger partial charge in [0.2, 0.25) is 0 Å². The minimum Gasteiger partial charge on any atom is -0.392 e. The number of benzene rings is 1. The summed E-state index contributed by atoms with van der Waals surface area (Å²) in [6.45, 7) is 0. The van der Waals surface area contributed by atoms with Crippen molar-refractivity contribution in [3.63, 3.8) is 0 Å². The molecular weight excluding hydrogens is 260 g/mol. The monoisotopic (exact) mass is 284 g/mol. The number of hydrogen-bond donors (Lipinski definition) is 1. The number of aliphatic hydroxyl groups is 1. The molecule has 1 N–H and O–H groups in total. The number of ether oxygens (including phenoxy) is 1. The van der Waals surface area contributed by atoms with Crippen molar-refractivity contribution in [1.29, 1.82) is 0 Å². The minimum atomic E-state index is -0.155. The molecule has 2 bridgehead atoms. The van der Waals surface area contributed by atoms with Gasteiger partial charge in [-0.05, 0) is 37.2 Å². The zero-order valence-electron chi connectivity index (χ0n) is 12.5. The average Bonchev–Trinajstić information content (AvgIpc) is 3.20. The van der Waals surface area contributed by atoms with Crippen molar-refractivity contribution in [3.8, 4) is 0 Å². The zero-order valence-corrected chi connectivity index (χ0v) is 12.5. The van der Waals surface area contributed by atoms with Gasteiger partial charge in [-0.3, -0.25) is 0 Å². The molecule has 0 radical (unpaired) electrons. The Balaban J connectivity index is 1.66. The molecule has 112 valence electrons. The van der Waals surface area contributed by atoms with Crippen molar-refractivity contribution in [1.82, 2.24) is 0 Å². The van der Waals surface area contributed by atoms with Crippen LogP contribution in [-0.4, -0.2) is 22.4 Å². The van der Waals surface area contributed by atoms with Crippen molar-refractivity contribution in [2.75, 3.05) is 0 Å². The van der Waals surface area contributed by atoms with Crippen molar-refractivity contribution < 1.29 is 9.84 Å². The number of hydrogen-bond acceptors (Lipinski definition) is 2. The molecule has 0 spiro atoms. The molecule has 4 aliphatic rings. The third kappa shape index (κ3) is 1.41. The summed E-state index contributed by atoms with van der Waals surface area (Å²) in [4.78, 5) is 0. The van der Waals surface area contributed by atoms with Gasteiger partial charge in [-0.25, -0.2) is 0 Å². The largest absolute Gasteiger partial charge is 0.392 e. The molecule has 0 aromatic heterocycles. The van der Waals surface area contributed by atoms with Crippen molar-refractivity contribution in [2.45, 2.75) is 68.2 Å². The van der Waals surface area contributed by atoms with E-state index in [0.717, 1.165) is 0 Å². The standard InChI is InChI=1S/C19H24O2/c20-17-14-9-6-10-15(17)18-11-4-5-12-19(18,21-18)16(14)13-7-2-1-3-8-13/h1-3,7-8,14-17,20H,4-6,9-12H2/t14-,15+,16-,17+,18+,19+/m0/s1. The fourth-order valence-corrected chi connectivity index (χ4v) is 6.27. The van der Waals surface area contributed by atoms with E-state index in [1.165, 1.54) is 50.5 Å². The molecular formula is C19H24O2. The Kier molecular flexibility index (Phi) is 2.48. The van der Waals surface area contributed by atoms with E-state index in [9.17, 15) is 5.11 Å². The second-order valence-electron chi connectivity index (χ2n) is 7.67. The van der Waals surface area contributed by atoms with Crippen LogP contribution in [0.1, 0.15) is 56.4 Å². The maximum absolute atomic E-state index is 11.0. The zero-order chi connectivity index (χ0) is 14.1. The Labute approximate surface area is 126 Å². The normalized spacial score (nSPS) is 50.9. The van der Waals surface area contributed by atoms with Gasteiger partial charge in [0.1, 0.15) is 11.2 Å². The second-order valence-corrected chi connectivity index (χ2v) is 7.67. The molecule has 1 aromatic carbocycles. The first kappa shape index (κ1) is 12.7. The van der Waals surface area contributed by atoms with Crippen LogP contribution in [0.4, 0.5) is 0 Å². The molecule has 1 aromatic rings. The molecule has 5 rings (SSSR count). The Morgan fingerprint density at radius 1 is 0.952 bits per heavy atom. The Hall–Kier alpha value is -0.860. The Morgan fingerprint density at radius 2 is 1.71 bits per heavy atom. The lowest BCUT2D eigenvalue weighted by molar-refractivity contribution is -0.0557. The fourth-order valence-electron chi connectivity index (χ4n) is 6.27. The molecule has 6 atom stereocenters. The van der Waals surface area contributed by atoms with E-state index >= 15 is 0 Å². The number of fused-ring (bicyclic) bond motifs is 2. The lowest BCUT2D eigenvalue weighted by Crippen LogP contribution is -2.57. The van der Waals surface area contributed by atoms with Crippen molar-refractivity contribution in [3.05, 3.63) is 35.9 Å². The van der Waals surface area contributed by atoms with Gasteiger partial charge in [-0.1, -0.05) is 49.6 Å². The van der Waals surface area contributed by atoms with Crippen LogP contribution in [0.5, 0.6) is 0 Å². The van der Waals surface area contributed by atoms with Gasteiger partial charge in [0, 0.05) is 11.8 Å². The van der Waals surface area contributed by atoms with Crippen LogP contribution in [0.25, 0.3) is 0 Å². The molecule has 21 heavy (non-hydrogen) atoms. The van der Waals surface area contributed by atoms with Crippen LogP contribution in [-0.2, 0) is 4.74 Å². The highest BCUT2D eigenvalue weighted by Crippen LogP contribution is 2.74. The Bertz CT molecular complexity index is 556. The quantitative estimate of drug-likeness (QED) is 0.799. The molecule has 4 fully saturated rings. The van der Waals surface area contributed by atoms with E-state index in [0.29, 0.717) is 17.8 Å². The predicted molar refractivity (Wildman–Crippen MR) is 81.0 cm³/mol. The maximum Gasteiger partial charge on any atom is 0.106 e. The lowest BCUT2D eigenvalue weighted by atomic mass is 9.51. The van der Waals surface area contributed by atoms with Gasteiger partial charge in [0.15, 0.2) is 0 Å². The van der Waals surface area contributed by atoms with Gasteiger partial charge in [0.05, 0.1) is 6.10 Å². The summed E-state index contributed by atoms with van der Waals surface area (Å²) >= 11 is 0. The highest BCUT2D eigenvalue weighted by atomic mass is 16.6. The predicted octanol–water partition coefficient (Wildman–Crippen LogP) is 3.64. The SMILES string of the molecule is O[C@@H]1[C@H]2CCC[C@H]1[C@]13CCCC[C@@]1(O3)[C@H]2c1ccccc1. The lowest BCUT2D eigenvalue weighted by Gasteiger charge is -2.51. The first-order valence-electron chi connectivity index (χ1n) is 8.72. The highest BCUT2D eigenvalue weighted by molar-refractivity contribution is 5.38. The van der Waals surface area contributed by atoms with Crippen LogP contribution < -0.4 is 0 Å². The summed E-state index contributed by atoms with van der Waals surface area (Å²) in [6.07, 6.45) is 8.38. The van der Waals surface area contributed by atoms with Crippen LogP contribution in [0.15, 0.2) is 30.3 Å². The van der Waals surface area contributed by atoms with E-state index in [-0.39, 0.29) is 17.3 Å². The first-order valence-corrected chi connectivity index (χ1v) is 8.72. The molecule has 0 unspecified atom stereocenters. The average molecular weight is 284 g/mol. The van der Waals surface area contributed by atoms with E-state index in [1.807, 2.05) is 0 Å². The van der Waals surface area contributed by atoms with Gasteiger partial charge >= 0.3 is 0 Å². The van der Waals surface area contributed by atoms with Crippen LogP contribution >= 0.6 is 0 Å². The molecule has 1 saturated heterocycles. The number of rotatable bonds is 1. The smallest absolute Gasteiger partial charge is 0.106 e. The topological polar surface area (TPSA) is 32.8 Å². The minimum absolute atomic E-state index is 0.0160. The Morgan fingerprint density at radius 3 is 2.52 bits per heavy atom. The van der Waals surface area contributed by atoms with Gasteiger partial charge in [0.25, 0.3) is 0 Å². The van der Waals surface area contributed by atoms with E-state index in [4.69, 9.17) is 4.74 Å². The molecule has 3 aliphatic carbocycles. The van der Waals surface area contributed by atoms with E-state index in [1.54, 1.807) is 0 Å². The summed E-state index contributed by atoms with van der Waals surface area (Å²) in [7, 11) is 0. The molecule has 1 aliphatic heterocycles. The molecule has 0 amide bonds. The summed E-state index contributed by atoms with van der Waals surface area (Å²) in [5.74, 6) is 1.21. The maximum atomic E-state index is 11.0. The second kappa shape index (κ2) is 4.11. The molecule has 2 nitrogen and oxygen atoms in total. The van der Waals surface area contributed by atoms with Crippen LogP contribution in [0, 0.1) is 11.8 Å². The van der Waals surface area contributed by atoms with E-state index in [2.05, 4.69) is 30.3 Å². The van der Waals surface area contributed by atoms with Crippen LogP contribution in [0.3, 0.4) is 0 Å². The third-order valence-electron chi connectivity index (χ3n) is 6.98. The summed E-state index contributed by atoms with van der Waals surface area (Å²) < 4.78 is 6.61. The van der Waals surface area contributed by atoms with Gasteiger partial charge in [-0.15, -0.1) is 0 Å². The third-order valence-corrected chi connectivity index (χ3v) is 6.98.